The van der Waals surface area contributed by atoms with E-state index in [0.29, 0.717) is 0 Å². The molecule has 1 unspecified atom stereocenters. The number of hydrogen-bond donors (Lipinski definition) is 3. The van der Waals surface area contributed by atoms with Crippen LogP contribution in [-0.4, -0.2) is 46.3 Å². The summed E-state index contributed by atoms with van der Waals surface area (Å²) in [6.07, 6.45) is 0.0522. The lowest BCUT2D eigenvalue weighted by molar-refractivity contribution is -0.159. The summed E-state index contributed by atoms with van der Waals surface area (Å²) in [5.74, 6) is 0. The van der Waals surface area contributed by atoms with Gasteiger partial charge in [0.05, 0.1) is 31.7 Å². The van der Waals surface area contributed by atoms with Crippen LogP contribution in [0.5, 0.6) is 0 Å². The van der Waals surface area contributed by atoms with Crippen LogP contribution in [0.2, 0.25) is 0 Å². The maximum atomic E-state index is 13.2. The first-order valence-electron chi connectivity index (χ1n) is 6.37. The minimum Gasteiger partial charge on any atom is -0.395 e. The van der Waals surface area contributed by atoms with Gasteiger partial charge >= 0.3 is 0 Å². The van der Waals surface area contributed by atoms with Crippen LogP contribution in [0.15, 0.2) is 0 Å². The highest BCUT2D eigenvalue weighted by atomic mass is 31.2. The molecule has 0 spiro atoms. The van der Waals surface area contributed by atoms with E-state index in [1.807, 2.05) is 6.07 Å². The van der Waals surface area contributed by atoms with Crippen molar-refractivity contribution in [2.75, 3.05) is 13.2 Å². The number of hydrogen-bond acceptors (Lipinski definition) is 6. The Hall–Kier alpha value is -0.440. The van der Waals surface area contributed by atoms with Gasteiger partial charge in [0.2, 0.25) is 5.53 Å². The van der Waals surface area contributed by atoms with Gasteiger partial charge in [-0.3, -0.25) is 0 Å². The Balaban J connectivity index is 5.56. The molecule has 0 saturated carbocycles. The highest BCUT2D eigenvalue weighted by Crippen LogP contribution is 2.65. The largest absolute Gasteiger partial charge is 0.395 e. The van der Waals surface area contributed by atoms with E-state index in [0.717, 1.165) is 0 Å². The average molecular weight is 292 g/mol. The molecule has 0 aliphatic rings. The molecule has 0 radical (unpaired) electrons. The van der Waals surface area contributed by atoms with E-state index in [1.54, 1.807) is 27.7 Å². The zero-order valence-electron chi connectivity index (χ0n) is 12.0. The molecule has 4 N–H and O–H groups in total. The predicted molar refractivity (Wildman–Crippen MR) is 74.1 cm³/mol. The van der Waals surface area contributed by atoms with E-state index in [9.17, 15) is 14.8 Å². The lowest BCUT2D eigenvalue weighted by atomic mass is 10.3. The van der Waals surface area contributed by atoms with E-state index in [-0.39, 0.29) is 24.3 Å². The van der Waals surface area contributed by atoms with E-state index in [1.165, 1.54) is 0 Å². The minimum absolute atomic E-state index is 0.0522. The fourth-order valence-corrected chi connectivity index (χ4v) is 5.73. The summed E-state index contributed by atoms with van der Waals surface area (Å²) in [4.78, 5) is 0. The summed E-state index contributed by atoms with van der Waals surface area (Å²) >= 11 is 0. The number of nitriles is 1. The van der Waals surface area contributed by atoms with Crippen LogP contribution in [0.4, 0.5) is 0 Å². The van der Waals surface area contributed by atoms with Gasteiger partial charge in [0.1, 0.15) is 0 Å². The van der Waals surface area contributed by atoms with Gasteiger partial charge in [-0.15, -0.1) is 0 Å². The van der Waals surface area contributed by atoms with Crippen molar-refractivity contribution in [1.29, 1.82) is 5.26 Å². The molecule has 112 valence electrons. The second-order valence-corrected chi connectivity index (χ2v) is 9.23. The first-order valence-corrected chi connectivity index (χ1v) is 8.22. The molecule has 19 heavy (non-hydrogen) atoms. The first-order chi connectivity index (χ1) is 8.68. The third kappa shape index (κ3) is 3.56. The molecular formula is C12H25N2O4P. The van der Waals surface area contributed by atoms with Gasteiger partial charge in [0, 0.05) is 11.3 Å². The highest BCUT2D eigenvalue weighted by molar-refractivity contribution is 7.66. The summed E-state index contributed by atoms with van der Waals surface area (Å²) in [5.41, 5.74) is 2.91. The van der Waals surface area contributed by atoms with Crippen LogP contribution < -0.4 is 5.73 Å². The Labute approximate surface area is 114 Å². The highest BCUT2D eigenvalue weighted by Gasteiger charge is 2.55. The maximum Gasteiger partial charge on any atom is 0.238 e. The van der Waals surface area contributed by atoms with Crippen molar-refractivity contribution in [1.82, 2.24) is 0 Å². The van der Waals surface area contributed by atoms with Crippen molar-refractivity contribution >= 4 is 7.14 Å². The molecule has 0 aliphatic carbocycles. The molecule has 0 aromatic heterocycles. The molecule has 0 aromatic rings. The summed E-state index contributed by atoms with van der Waals surface area (Å²) in [6, 6.07) is 0.699. The van der Waals surface area contributed by atoms with Gasteiger partial charge in [0.25, 0.3) is 0 Å². The molecule has 0 fully saturated rings. The van der Waals surface area contributed by atoms with Crippen LogP contribution in [0.3, 0.4) is 0 Å². The van der Waals surface area contributed by atoms with Crippen molar-refractivity contribution < 1.29 is 19.5 Å². The van der Waals surface area contributed by atoms with Crippen LogP contribution in [0.1, 0.15) is 34.1 Å². The molecular weight excluding hydrogens is 267 g/mol. The van der Waals surface area contributed by atoms with E-state index >= 15 is 0 Å². The summed E-state index contributed by atoms with van der Waals surface area (Å²) in [7, 11) is -3.26. The number of rotatable bonds is 8. The van der Waals surface area contributed by atoms with Crippen molar-refractivity contribution in [2.45, 2.75) is 57.0 Å². The molecule has 2 atom stereocenters. The second kappa shape index (κ2) is 7.37. The molecule has 0 aliphatic heterocycles. The monoisotopic (exact) mass is 292 g/mol. The molecule has 0 aromatic carbocycles. The number of ether oxygens (including phenoxy) is 1. The van der Waals surface area contributed by atoms with Crippen molar-refractivity contribution in [2.24, 2.45) is 5.73 Å². The fraction of sp³-hybridized carbons (Fsp3) is 0.917. The normalized spacial score (nSPS) is 17.3. The summed E-state index contributed by atoms with van der Waals surface area (Å²) < 4.78 is 18.5. The Bertz CT molecular complexity index is 355. The van der Waals surface area contributed by atoms with Gasteiger partial charge in [0.15, 0.2) is 7.14 Å². The van der Waals surface area contributed by atoms with E-state index in [4.69, 9.17) is 15.7 Å². The lowest BCUT2D eigenvalue weighted by Gasteiger charge is -2.43. The molecule has 0 saturated heterocycles. The SMILES string of the molecule is CC(C)P(=O)(C(C)C)[C@](O)(OCCC#N)C(N)CO. The van der Waals surface area contributed by atoms with Gasteiger partial charge in [-0.05, 0) is 0 Å². The summed E-state index contributed by atoms with van der Waals surface area (Å²) in [6.45, 7) is 6.27. The Morgan fingerprint density at radius 3 is 2.16 bits per heavy atom. The van der Waals surface area contributed by atoms with Crippen LogP contribution in [-0.2, 0) is 9.30 Å². The standard InChI is InChI=1S/C12H25N2O4P/c1-9(2)19(17,10(3)4)12(16,11(14)8-15)18-7-5-6-13/h9-11,15-16H,5,7-8,14H2,1-4H3/t11?,12-/m1/s1. The van der Waals surface area contributed by atoms with Crippen LogP contribution >= 0.6 is 7.14 Å². The van der Waals surface area contributed by atoms with Gasteiger partial charge in [-0.25, -0.2) is 0 Å². The van der Waals surface area contributed by atoms with Crippen LogP contribution in [0.25, 0.3) is 0 Å². The predicted octanol–water partition coefficient (Wildman–Crippen LogP) is 1.06. The molecule has 0 bridgehead atoms. The minimum atomic E-state index is -3.26. The Morgan fingerprint density at radius 1 is 1.37 bits per heavy atom. The van der Waals surface area contributed by atoms with E-state index < -0.39 is 25.3 Å². The number of aliphatic hydroxyl groups is 2. The third-order valence-corrected chi connectivity index (χ3v) is 7.77. The fourth-order valence-electron chi connectivity index (χ4n) is 2.17. The van der Waals surface area contributed by atoms with Crippen molar-refractivity contribution in [3.8, 4) is 6.07 Å². The molecule has 0 heterocycles. The molecule has 0 amide bonds. The van der Waals surface area contributed by atoms with Gasteiger partial charge in [-0.2, -0.15) is 5.26 Å². The van der Waals surface area contributed by atoms with Crippen LogP contribution in [0, 0.1) is 11.3 Å². The lowest BCUT2D eigenvalue weighted by Crippen LogP contribution is -2.54. The zero-order chi connectivity index (χ0) is 15.3. The van der Waals surface area contributed by atoms with Crippen molar-refractivity contribution in [3.05, 3.63) is 0 Å². The van der Waals surface area contributed by atoms with Gasteiger partial charge < -0.3 is 25.2 Å². The van der Waals surface area contributed by atoms with E-state index in [2.05, 4.69) is 0 Å². The van der Waals surface area contributed by atoms with Gasteiger partial charge in [-0.1, -0.05) is 27.7 Å². The topological polar surface area (TPSA) is 117 Å². The maximum absolute atomic E-state index is 13.2. The molecule has 7 heteroatoms. The second-order valence-electron chi connectivity index (χ2n) is 5.10. The molecule has 6 nitrogen and oxygen atoms in total. The molecule has 0 rings (SSSR count). The number of nitrogens with two attached hydrogens (primary N) is 1. The van der Waals surface area contributed by atoms with Crippen molar-refractivity contribution in [3.63, 3.8) is 0 Å². The smallest absolute Gasteiger partial charge is 0.238 e. The third-order valence-electron chi connectivity index (χ3n) is 3.24. The Kier molecular flexibility index (Phi) is 7.20. The zero-order valence-corrected chi connectivity index (χ0v) is 12.9. The average Bonchev–Trinajstić information content (AvgIpc) is 2.35. The quantitative estimate of drug-likeness (QED) is 0.350. The number of nitrogens with zero attached hydrogens (tertiary/aromatic N) is 1. The summed E-state index contributed by atoms with van der Waals surface area (Å²) in [5, 5.41) is 28.4. The first kappa shape index (κ1) is 18.6. The Morgan fingerprint density at radius 2 is 1.84 bits per heavy atom. The number of aliphatic hydroxyl groups excluding tert-OH is 1.